The summed E-state index contributed by atoms with van der Waals surface area (Å²) in [7, 11) is -3.81. The van der Waals surface area contributed by atoms with E-state index in [0.717, 1.165) is 0 Å². The average Bonchev–Trinajstić information content (AvgIpc) is 2.92. The number of para-hydroxylation sites is 2. The van der Waals surface area contributed by atoms with E-state index in [1.165, 1.54) is 0 Å². The molecular weight excluding hydrogens is 315 g/mol. The van der Waals surface area contributed by atoms with Crippen molar-refractivity contribution in [3.8, 4) is 17.6 Å². The van der Waals surface area contributed by atoms with Crippen LogP contribution < -0.4 is 14.1 Å². The number of nitriles is 1. The van der Waals surface area contributed by atoms with Crippen LogP contribution in [0.5, 0.6) is 11.5 Å². The van der Waals surface area contributed by atoms with Crippen molar-refractivity contribution in [2.24, 2.45) is 0 Å². The summed E-state index contributed by atoms with van der Waals surface area (Å²) in [6.45, 7) is 8.23. The van der Waals surface area contributed by atoms with Crippen LogP contribution in [0.1, 0.15) is 27.7 Å². The number of allylic oxidation sites excluding steroid dienone is 1. The first kappa shape index (κ1) is 15.9. The fraction of sp³-hybridized carbons (Fsp3) is 0.438. The maximum atomic E-state index is 9.45. The van der Waals surface area contributed by atoms with Gasteiger partial charge in [0.25, 0.3) is 0 Å². The van der Waals surface area contributed by atoms with Crippen molar-refractivity contribution in [3.63, 3.8) is 0 Å². The van der Waals surface area contributed by atoms with Crippen LogP contribution in [0.4, 0.5) is 0 Å². The quantitative estimate of drug-likeness (QED) is 0.845. The zero-order valence-electron chi connectivity index (χ0n) is 13.8. The van der Waals surface area contributed by atoms with Crippen LogP contribution in [0, 0.1) is 11.3 Å². The average molecular weight is 336 g/mol. The van der Waals surface area contributed by atoms with Crippen LogP contribution in [-0.4, -0.2) is 18.3 Å². The second-order valence-corrected chi connectivity index (χ2v) is 9.77. The molecule has 1 spiro atoms. The van der Waals surface area contributed by atoms with Gasteiger partial charge in [0.2, 0.25) is 0 Å². The van der Waals surface area contributed by atoms with Gasteiger partial charge in [-0.15, -0.1) is 0 Å². The molecule has 124 valence electrons. The summed E-state index contributed by atoms with van der Waals surface area (Å²) >= 11 is 0. The molecule has 7 heteroatoms. The van der Waals surface area contributed by atoms with Crippen molar-refractivity contribution >= 4 is 7.43 Å². The zero-order chi connectivity index (χ0) is 16.7. The first-order valence-corrected chi connectivity index (χ1v) is 9.73. The summed E-state index contributed by atoms with van der Waals surface area (Å²) < 4.78 is 24.1. The summed E-state index contributed by atoms with van der Waals surface area (Å²) in [6, 6.07) is 9.55. The third-order valence-electron chi connectivity index (χ3n) is 3.32. The van der Waals surface area contributed by atoms with Crippen LogP contribution >= 0.6 is 7.43 Å². The second kappa shape index (κ2) is 5.02. The molecule has 0 radical (unpaired) electrons. The Balaban J connectivity index is 2.05. The Morgan fingerprint density at radius 3 is 2.30 bits per heavy atom. The van der Waals surface area contributed by atoms with E-state index in [1.807, 2.05) is 52.0 Å². The van der Waals surface area contributed by atoms with Gasteiger partial charge in [0, 0.05) is 0 Å². The van der Waals surface area contributed by atoms with Gasteiger partial charge < -0.3 is 0 Å². The molecule has 6 nitrogen and oxygen atoms in total. The third-order valence-corrected chi connectivity index (χ3v) is 6.95. The number of hydrogen-bond donors (Lipinski definition) is 1. The number of benzene rings is 1. The number of ether oxygens (including phenoxy) is 1. The Morgan fingerprint density at radius 2 is 1.83 bits per heavy atom. The van der Waals surface area contributed by atoms with Crippen molar-refractivity contribution in [3.05, 3.63) is 35.8 Å². The molecule has 0 aromatic heterocycles. The molecule has 0 fully saturated rings. The molecule has 2 heterocycles. The first-order chi connectivity index (χ1) is 10.8. The Morgan fingerprint density at radius 1 is 1.22 bits per heavy atom. The van der Waals surface area contributed by atoms with Gasteiger partial charge in [-0.2, -0.15) is 0 Å². The monoisotopic (exact) mass is 336 g/mol. The van der Waals surface area contributed by atoms with E-state index in [9.17, 15) is 5.26 Å². The van der Waals surface area contributed by atoms with Gasteiger partial charge >= 0.3 is 135 Å². The van der Waals surface area contributed by atoms with Crippen molar-refractivity contribution in [2.75, 3.05) is 12.8 Å². The molecule has 2 aliphatic rings. The maximum absolute atomic E-state index is 9.45. The molecule has 2 aliphatic heterocycles. The number of nitrogens with zero attached hydrogens (tertiary/aromatic N) is 1. The predicted octanol–water partition coefficient (Wildman–Crippen LogP) is 3.86. The van der Waals surface area contributed by atoms with E-state index in [1.54, 1.807) is 0 Å². The van der Waals surface area contributed by atoms with Gasteiger partial charge in [0.15, 0.2) is 0 Å². The van der Waals surface area contributed by atoms with Gasteiger partial charge in [-0.25, -0.2) is 0 Å². The SMILES string of the molecule is CCOC1=C(C#N)CP2(NC(C)(C)C)(O1)Oc1ccccc1O2. The summed E-state index contributed by atoms with van der Waals surface area (Å²) in [6.07, 6.45) is 0.212. The van der Waals surface area contributed by atoms with Gasteiger partial charge in [-0.3, -0.25) is 0 Å². The molecule has 0 unspecified atom stereocenters. The molecule has 0 amide bonds. The van der Waals surface area contributed by atoms with Crippen molar-refractivity contribution < 1.29 is 18.3 Å². The van der Waals surface area contributed by atoms with E-state index in [-0.39, 0.29) is 17.6 Å². The number of rotatable bonds is 3. The van der Waals surface area contributed by atoms with Gasteiger partial charge in [0.1, 0.15) is 0 Å². The topological polar surface area (TPSA) is 72.7 Å². The summed E-state index contributed by atoms with van der Waals surface area (Å²) in [5, 5.41) is 12.8. The van der Waals surface area contributed by atoms with Crippen molar-refractivity contribution in [2.45, 2.75) is 33.2 Å². The number of hydrogen-bond acceptors (Lipinski definition) is 6. The molecule has 1 aromatic rings. The Hall–Kier alpha value is -1.96. The Labute approximate surface area is 136 Å². The minimum atomic E-state index is -3.81. The molecule has 0 aliphatic carbocycles. The molecule has 0 atom stereocenters. The Bertz CT molecular complexity index is 693. The molecule has 0 saturated heterocycles. The Kier molecular flexibility index (Phi) is 3.47. The van der Waals surface area contributed by atoms with Crippen molar-refractivity contribution in [1.82, 2.24) is 5.09 Å². The molecule has 1 aromatic carbocycles. The summed E-state index contributed by atoms with van der Waals surface area (Å²) in [5.41, 5.74) is 0.0521. The molecule has 3 rings (SSSR count). The predicted molar refractivity (Wildman–Crippen MR) is 87.7 cm³/mol. The minimum absolute atomic E-state index is 0.192. The van der Waals surface area contributed by atoms with Crippen LogP contribution in [0.2, 0.25) is 0 Å². The van der Waals surface area contributed by atoms with Crippen LogP contribution in [0.15, 0.2) is 35.8 Å². The van der Waals surface area contributed by atoms with E-state index in [4.69, 9.17) is 18.3 Å². The first-order valence-electron chi connectivity index (χ1n) is 7.55. The van der Waals surface area contributed by atoms with E-state index in [2.05, 4.69) is 11.2 Å². The fourth-order valence-electron chi connectivity index (χ4n) is 2.79. The zero-order valence-corrected chi connectivity index (χ0v) is 14.6. The molecule has 0 saturated carbocycles. The van der Waals surface area contributed by atoms with Crippen LogP contribution in [-0.2, 0) is 9.26 Å². The van der Waals surface area contributed by atoms with Crippen LogP contribution in [0.25, 0.3) is 0 Å². The van der Waals surface area contributed by atoms with Gasteiger partial charge in [-0.1, -0.05) is 0 Å². The van der Waals surface area contributed by atoms with Gasteiger partial charge in [-0.05, 0) is 0 Å². The van der Waals surface area contributed by atoms with E-state index >= 15 is 0 Å². The normalized spacial score (nSPS) is 22.1. The number of fused-ring (bicyclic) bond motifs is 1. The summed E-state index contributed by atoms with van der Waals surface area (Å²) in [4.78, 5) is 0. The van der Waals surface area contributed by atoms with Crippen molar-refractivity contribution in [1.29, 1.82) is 5.26 Å². The van der Waals surface area contributed by atoms with E-state index < -0.39 is 7.43 Å². The molecular formula is C16H21N2O4P. The molecule has 0 bridgehead atoms. The molecule has 1 N–H and O–H groups in total. The number of nitrogens with one attached hydrogen (secondary N) is 1. The summed E-state index contributed by atoms with van der Waals surface area (Å²) in [5.74, 6) is 1.41. The van der Waals surface area contributed by atoms with E-state index in [0.29, 0.717) is 23.7 Å². The van der Waals surface area contributed by atoms with Gasteiger partial charge in [0.05, 0.1) is 0 Å². The second-order valence-electron chi connectivity index (χ2n) is 6.59. The molecule has 23 heavy (non-hydrogen) atoms. The fourth-order valence-corrected chi connectivity index (χ4v) is 6.95. The van der Waals surface area contributed by atoms with Crippen LogP contribution in [0.3, 0.4) is 0 Å². The standard InChI is InChI=1S/C16H21N2O4P/c1-5-19-15-12(10-17)11-23(22-15,18-16(2,3)4)20-13-8-6-7-9-14(13)21-23/h6-9,18H,5,11H2,1-4H3. The third kappa shape index (κ3) is 2.71.